The van der Waals surface area contributed by atoms with Crippen LogP contribution >= 0.6 is 22.9 Å². The van der Waals surface area contributed by atoms with E-state index in [1.165, 1.54) is 23.5 Å². The maximum atomic E-state index is 12.3. The van der Waals surface area contributed by atoms with Crippen LogP contribution in [0, 0.1) is 6.92 Å². The molecule has 0 unspecified atom stereocenters. The molecule has 2 heterocycles. The van der Waals surface area contributed by atoms with Crippen LogP contribution < -0.4 is 9.47 Å². The van der Waals surface area contributed by atoms with Crippen molar-refractivity contribution < 1.29 is 22.1 Å². The van der Waals surface area contributed by atoms with Crippen molar-refractivity contribution in [2.75, 3.05) is 13.2 Å². The molecule has 0 bridgehead atoms. The van der Waals surface area contributed by atoms with Crippen LogP contribution in [0.5, 0.6) is 11.5 Å². The Labute approximate surface area is 160 Å². The first-order valence-electron chi connectivity index (χ1n) is 7.89. The molecule has 4 rings (SSSR count). The summed E-state index contributed by atoms with van der Waals surface area (Å²) in [6, 6.07) is 10.2. The molecule has 0 spiro atoms. The van der Waals surface area contributed by atoms with Gasteiger partial charge in [-0.15, -0.1) is 11.3 Å². The molecule has 0 radical (unpaired) electrons. The molecule has 1 aromatic heterocycles. The summed E-state index contributed by atoms with van der Waals surface area (Å²) in [6.45, 7) is 1.94. The van der Waals surface area contributed by atoms with Gasteiger partial charge in [0.1, 0.15) is 13.2 Å². The molecular weight excluding hydrogens is 396 g/mol. The number of benzene rings is 2. The molecule has 3 aromatic rings. The second kappa shape index (κ2) is 6.74. The monoisotopic (exact) mass is 410 g/mol. The summed E-state index contributed by atoms with van der Waals surface area (Å²) in [6.07, 6.45) is -0.552. The molecule has 136 valence electrons. The van der Waals surface area contributed by atoms with Gasteiger partial charge in [0.2, 0.25) is 0 Å². The van der Waals surface area contributed by atoms with Crippen LogP contribution in [0.2, 0.25) is 5.02 Å². The van der Waals surface area contributed by atoms with Gasteiger partial charge in [-0.3, -0.25) is 4.18 Å². The standard InChI is InChI=1S/C18H15ClO5S2/c1-11-2-4-13(5-3-11)26(20,21)23-9-12-8-22-15-6-7-16-17(18(15)24-12)14(19)10-25-16/h2-7,10,12H,8-9H2,1H3/t12-/m0/s1. The zero-order chi connectivity index (χ0) is 18.3. The summed E-state index contributed by atoms with van der Waals surface area (Å²) in [5, 5.41) is 3.19. The molecule has 8 heteroatoms. The van der Waals surface area contributed by atoms with Crippen LogP contribution in [0.3, 0.4) is 0 Å². The van der Waals surface area contributed by atoms with Crippen molar-refractivity contribution in [2.45, 2.75) is 17.9 Å². The Kier molecular flexibility index (Phi) is 4.56. The number of aryl methyl sites for hydroxylation is 1. The van der Waals surface area contributed by atoms with E-state index in [9.17, 15) is 8.42 Å². The molecule has 0 saturated carbocycles. The third-order valence-electron chi connectivity index (χ3n) is 4.04. The Balaban J connectivity index is 1.52. The summed E-state index contributed by atoms with van der Waals surface area (Å²) in [5.74, 6) is 1.12. The molecule has 1 aliphatic heterocycles. The first kappa shape index (κ1) is 17.6. The van der Waals surface area contributed by atoms with Gasteiger partial charge in [0.25, 0.3) is 10.1 Å². The molecule has 0 saturated heterocycles. The van der Waals surface area contributed by atoms with E-state index in [1.54, 1.807) is 12.1 Å². The molecule has 26 heavy (non-hydrogen) atoms. The maximum absolute atomic E-state index is 12.3. The van der Waals surface area contributed by atoms with Gasteiger partial charge in [-0.2, -0.15) is 8.42 Å². The first-order valence-corrected chi connectivity index (χ1v) is 10.6. The molecule has 0 aliphatic carbocycles. The summed E-state index contributed by atoms with van der Waals surface area (Å²) in [7, 11) is -3.85. The van der Waals surface area contributed by atoms with E-state index in [-0.39, 0.29) is 18.1 Å². The van der Waals surface area contributed by atoms with E-state index in [0.717, 1.165) is 15.6 Å². The minimum absolute atomic E-state index is 0.114. The number of hydrogen-bond acceptors (Lipinski definition) is 6. The van der Waals surface area contributed by atoms with Crippen molar-refractivity contribution in [3.8, 4) is 11.5 Å². The highest BCUT2D eigenvalue weighted by Gasteiger charge is 2.27. The lowest BCUT2D eigenvalue weighted by Gasteiger charge is -2.26. The topological polar surface area (TPSA) is 61.8 Å². The van der Waals surface area contributed by atoms with Crippen LogP contribution in [-0.4, -0.2) is 27.7 Å². The molecule has 1 aliphatic rings. The van der Waals surface area contributed by atoms with E-state index in [4.69, 9.17) is 25.3 Å². The molecule has 0 amide bonds. The predicted molar refractivity (Wildman–Crippen MR) is 101 cm³/mol. The molecule has 0 fully saturated rings. The molecular formula is C18H15ClO5S2. The highest BCUT2D eigenvalue weighted by Crippen LogP contribution is 2.44. The Bertz CT molecular complexity index is 1060. The van der Waals surface area contributed by atoms with Gasteiger partial charge in [-0.05, 0) is 31.2 Å². The third-order valence-corrected chi connectivity index (χ3v) is 6.71. The normalized spacial score (nSPS) is 16.8. The average Bonchev–Trinajstić information content (AvgIpc) is 3.02. The average molecular weight is 411 g/mol. The number of thiophene rings is 1. The van der Waals surface area contributed by atoms with Crippen molar-refractivity contribution in [3.63, 3.8) is 0 Å². The number of ether oxygens (including phenoxy) is 2. The Hall–Kier alpha value is -1.80. The Morgan fingerprint density at radius 3 is 2.77 bits per heavy atom. The fraction of sp³-hybridized carbons (Fsp3) is 0.222. The van der Waals surface area contributed by atoms with Crippen LogP contribution in [0.15, 0.2) is 46.7 Å². The van der Waals surface area contributed by atoms with Gasteiger partial charge in [-0.1, -0.05) is 29.3 Å². The van der Waals surface area contributed by atoms with E-state index in [0.29, 0.717) is 16.5 Å². The highest BCUT2D eigenvalue weighted by atomic mass is 35.5. The second-order valence-electron chi connectivity index (χ2n) is 5.95. The maximum Gasteiger partial charge on any atom is 0.297 e. The number of fused-ring (bicyclic) bond motifs is 3. The quantitative estimate of drug-likeness (QED) is 0.596. The Morgan fingerprint density at radius 2 is 2.00 bits per heavy atom. The van der Waals surface area contributed by atoms with Crippen LogP contribution in [-0.2, 0) is 14.3 Å². The number of halogens is 1. The van der Waals surface area contributed by atoms with Crippen molar-refractivity contribution in [3.05, 3.63) is 52.4 Å². The predicted octanol–water partition coefficient (Wildman–Crippen LogP) is 4.41. The van der Waals surface area contributed by atoms with Crippen LogP contribution in [0.1, 0.15) is 5.56 Å². The fourth-order valence-electron chi connectivity index (χ4n) is 2.68. The largest absolute Gasteiger partial charge is 0.486 e. The second-order valence-corrected chi connectivity index (χ2v) is 8.89. The van der Waals surface area contributed by atoms with Crippen LogP contribution in [0.25, 0.3) is 10.1 Å². The number of rotatable bonds is 4. The van der Waals surface area contributed by atoms with Crippen molar-refractivity contribution in [2.24, 2.45) is 0 Å². The van der Waals surface area contributed by atoms with Crippen molar-refractivity contribution in [1.29, 1.82) is 0 Å². The first-order chi connectivity index (χ1) is 12.4. The summed E-state index contributed by atoms with van der Waals surface area (Å²) < 4.78 is 42.4. The van der Waals surface area contributed by atoms with E-state index >= 15 is 0 Å². The number of hydrogen-bond donors (Lipinski definition) is 0. The zero-order valence-corrected chi connectivity index (χ0v) is 16.2. The summed E-state index contributed by atoms with van der Waals surface area (Å²) in [4.78, 5) is 0.114. The highest BCUT2D eigenvalue weighted by molar-refractivity contribution is 7.86. The molecule has 0 N–H and O–H groups in total. The molecule has 2 aromatic carbocycles. The molecule has 5 nitrogen and oxygen atoms in total. The van der Waals surface area contributed by atoms with Gasteiger partial charge in [0, 0.05) is 10.1 Å². The van der Waals surface area contributed by atoms with Gasteiger partial charge in [-0.25, -0.2) is 0 Å². The van der Waals surface area contributed by atoms with Gasteiger partial charge < -0.3 is 9.47 Å². The van der Waals surface area contributed by atoms with Gasteiger partial charge in [0.15, 0.2) is 17.6 Å². The minimum Gasteiger partial charge on any atom is -0.486 e. The lowest BCUT2D eigenvalue weighted by atomic mass is 10.2. The summed E-state index contributed by atoms with van der Waals surface area (Å²) >= 11 is 7.76. The minimum atomic E-state index is -3.85. The Morgan fingerprint density at radius 1 is 1.23 bits per heavy atom. The third kappa shape index (κ3) is 3.27. The van der Waals surface area contributed by atoms with E-state index in [2.05, 4.69) is 0 Å². The van der Waals surface area contributed by atoms with Gasteiger partial charge in [0.05, 0.1) is 15.3 Å². The van der Waals surface area contributed by atoms with Crippen molar-refractivity contribution in [1.82, 2.24) is 0 Å². The van der Waals surface area contributed by atoms with Gasteiger partial charge >= 0.3 is 0 Å². The van der Waals surface area contributed by atoms with Crippen LogP contribution in [0.4, 0.5) is 0 Å². The fourth-order valence-corrected chi connectivity index (χ4v) is 4.81. The smallest absolute Gasteiger partial charge is 0.297 e. The van der Waals surface area contributed by atoms with Crippen molar-refractivity contribution >= 4 is 43.1 Å². The summed E-state index contributed by atoms with van der Waals surface area (Å²) in [5.41, 5.74) is 0.973. The van der Waals surface area contributed by atoms with E-state index in [1.807, 2.05) is 24.4 Å². The SMILES string of the molecule is Cc1ccc(S(=O)(=O)OC[C@@H]2COc3ccc4scc(Cl)c4c3O2)cc1. The lowest BCUT2D eigenvalue weighted by Crippen LogP contribution is -2.34. The molecule has 1 atom stereocenters. The zero-order valence-electron chi connectivity index (χ0n) is 13.8. The lowest BCUT2D eigenvalue weighted by molar-refractivity contribution is 0.0572. The van der Waals surface area contributed by atoms with E-state index < -0.39 is 16.2 Å².